The van der Waals surface area contributed by atoms with Crippen molar-refractivity contribution in [3.8, 4) is 0 Å². The lowest BCUT2D eigenvalue weighted by molar-refractivity contribution is -0.134. The molecule has 76 valence electrons. The second-order valence-corrected chi connectivity index (χ2v) is 3.73. The van der Waals surface area contributed by atoms with Crippen LogP contribution in [-0.4, -0.2) is 28.7 Å². The summed E-state index contributed by atoms with van der Waals surface area (Å²) in [4.78, 5) is 21.0. The molecule has 0 spiro atoms. The minimum Gasteiger partial charge on any atom is -0.480 e. The number of rotatable bonds is 4. The number of nitrogens with one attached hydrogen (secondary N) is 1. The van der Waals surface area contributed by atoms with Crippen LogP contribution in [0.4, 0.5) is 5.00 Å². The van der Waals surface area contributed by atoms with Crippen molar-refractivity contribution in [3.63, 3.8) is 0 Å². The SMILES string of the molecule is Cc1cc(C(=O)O)sc1NCC(=O)O. The first-order valence-corrected chi connectivity index (χ1v) is 4.61. The van der Waals surface area contributed by atoms with Gasteiger partial charge in [-0.15, -0.1) is 11.3 Å². The van der Waals surface area contributed by atoms with Gasteiger partial charge in [0.05, 0.1) is 5.00 Å². The number of carboxylic acid groups (broad SMARTS) is 2. The average molecular weight is 215 g/mol. The molecule has 0 aromatic carbocycles. The lowest BCUT2D eigenvalue weighted by atomic mass is 10.3. The molecule has 6 heteroatoms. The number of hydrogen-bond acceptors (Lipinski definition) is 4. The van der Waals surface area contributed by atoms with Gasteiger partial charge < -0.3 is 15.5 Å². The lowest BCUT2D eigenvalue weighted by Gasteiger charge is -1.99. The Balaban J connectivity index is 2.77. The molecule has 1 rings (SSSR count). The summed E-state index contributed by atoms with van der Waals surface area (Å²) in [6.07, 6.45) is 0. The Kier molecular flexibility index (Phi) is 3.08. The Morgan fingerprint density at radius 3 is 2.57 bits per heavy atom. The van der Waals surface area contributed by atoms with Gasteiger partial charge in [0.15, 0.2) is 0 Å². The van der Waals surface area contributed by atoms with Crippen LogP contribution in [0.2, 0.25) is 0 Å². The molecule has 1 aromatic rings. The van der Waals surface area contributed by atoms with E-state index in [-0.39, 0.29) is 11.4 Å². The second-order valence-electron chi connectivity index (χ2n) is 2.68. The Hall–Kier alpha value is -1.56. The van der Waals surface area contributed by atoms with Gasteiger partial charge in [-0.05, 0) is 18.6 Å². The summed E-state index contributed by atoms with van der Waals surface area (Å²) in [6, 6.07) is 1.51. The van der Waals surface area contributed by atoms with Gasteiger partial charge in [0.1, 0.15) is 11.4 Å². The van der Waals surface area contributed by atoms with E-state index in [1.807, 2.05) is 0 Å². The molecular formula is C8H9NO4S. The van der Waals surface area contributed by atoms with E-state index in [1.165, 1.54) is 6.07 Å². The van der Waals surface area contributed by atoms with Gasteiger partial charge in [0, 0.05) is 0 Å². The Bertz CT molecular complexity index is 371. The number of thiophene rings is 1. The lowest BCUT2D eigenvalue weighted by Crippen LogP contribution is -2.11. The van der Waals surface area contributed by atoms with E-state index in [1.54, 1.807) is 6.92 Å². The smallest absolute Gasteiger partial charge is 0.345 e. The molecular weight excluding hydrogens is 206 g/mol. The molecule has 0 unspecified atom stereocenters. The molecule has 0 atom stereocenters. The van der Waals surface area contributed by atoms with Gasteiger partial charge in [-0.2, -0.15) is 0 Å². The monoisotopic (exact) mass is 215 g/mol. The maximum atomic E-state index is 10.6. The minimum absolute atomic E-state index is 0.204. The van der Waals surface area contributed by atoms with Crippen molar-refractivity contribution in [2.24, 2.45) is 0 Å². The standard InChI is InChI=1S/C8H9NO4S/c1-4-2-5(8(12)13)14-7(4)9-3-6(10)11/h2,9H,3H2,1H3,(H,10,11)(H,12,13). The van der Waals surface area contributed by atoms with E-state index >= 15 is 0 Å². The van der Waals surface area contributed by atoms with Crippen molar-refractivity contribution >= 4 is 28.3 Å². The Labute approximate surface area is 84.0 Å². The first-order chi connectivity index (χ1) is 6.50. The van der Waals surface area contributed by atoms with E-state index in [2.05, 4.69) is 5.32 Å². The highest BCUT2D eigenvalue weighted by Gasteiger charge is 2.11. The van der Waals surface area contributed by atoms with Crippen molar-refractivity contribution in [1.29, 1.82) is 0 Å². The van der Waals surface area contributed by atoms with Crippen LogP contribution in [-0.2, 0) is 4.79 Å². The van der Waals surface area contributed by atoms with Crippen molar-refractivity contribution in [2.75, 3.05) is 11.9 Å². The highest BCUT2D eigenvalue weighted by molar-refractivity contribution is 7.18. The molecule has 0 saturated carbocycles. The van der Waals surface area contributed by atoms with Gasteiger partial charge >= 0.3 is 11.9 Å². The number of aliphatic carboxylic acids is 1. The van der Waals surface area contributed by atoms with E-state index in [4.69, 9.17) is 10.2 Å². The van der Waals surface area contributed by atoms with Crippen molar-refractivity contribution < 1.29 is 19.8 Å². The molecule has 14 heavy (non-hydrogen) atoms. The number of anilines is 1. The molecule has 0 amide bonds. The van der Waals surface area contributed by atoms with Crippen LogP contribution in [0, 0.1) is 6.92 Å². The molecule has 0 saturated heterocycles. The largest absolute Gasteiger partial charge is 0.480 e. The van der Waals surface area contributed by atoms with Gasteiger partial charge in [-0.1, -0.05) is 0 Å². The molecule has 1 heterocycles. The molecule has 0 aliphatic carbocycles. The fraction of sp³-hybridized carbons (Fsp3) is 0.250. The number of aromatic carboxylic acids is 1. The average Bonchev–Trinajstić information content (AvgIpc) is 2.43. The maximum Gasteiger partial charge on any atom is 0.345 e. The van der Waals surface area contributed by atoms with Crippen LogP contribution in [0.3, 0.4) is 0 Å². The number of aryl methyl sites for hydroxylation is 1. The first-order valence-electron chi connectivity index (χ1n) is 3.80. The van der Waals surface area contributed by atoms with E-state index in [0.29, 0.717) is 5.00 Å². The summed E-state index contributed by atoms with van der Waals surface area (Å²) in [5, 5.41) is 20.3. The number of carboxylic acids is 2. The highest BCUT2D eigenvalue weighted by atomic mass is 32.1. The highest BCUT2D eigenvalue weighted by Crippen LogP contribution is 2.26. The first kappa shape index (κ1) is 10.5. The van der Waals surface area contributed by atoms with Crippen molar-refractivity contribution in [1.82, 2.24) is 0 Å². The minimum atomic E-state index is -0.999. The van der Waals surface area contributed by atoms with Gasteiger partial charge in [0.2, 0.25) is 0 Å². The summed E-state index contributed by atoms with van der Waals surface area (Å²) in [5.74, 6) is -1.98. The maximum absolute atomic E-state index is 10.6. The third-order valence-electron chi connectivity index (χ3n) is 1.53. The van der Waals surface area contributed by atoms with Crippen LogP contribution in [0.15, 0.2) is 6.07 Å². The van der Waals surface area contributed by atoms with Crippen molar-refractivity contribution in [3.05, 3.63) is 16.5 Å². The molecule has 3 N–H and O–H groups in total. The number of hydrogen-bond donors (Lipinski definition) is 3. The molecule has 5 nitrogen and oxygen atoms in total. The van der Waals surface area contributed by atoms with E-state index < -0.39 is 11.9 Å². The molecule has 0 radical (unpaired) electrons. The van der Waals surface area contributed by atoms with Crippen LogP contribution >= 0.6 is 11.3 Å². The van der Waals surface area contributed by atoms with Gasteiger partial charge in [-0.3, -0.25) is 4.79 Å². The van der Waals surface area contributed by atoms with Gasteiger partial charge in [-0.25, -0.2) is 4.79 Å². The second kappa shape index (κ2) is 4.10. The quantitative estimate of drug-likeness (QED) is 0.703. The predicted octanol–water partition coefficient (Wildman–Crippen LogP) is 1.25. The van der Waals surface area contributed by atoms with Crippen molar-refractivity contribution in [2.45, 2.75) is 6.92 Å². The zero-order chi connectivity index (χ0) is 10.7. The fourth-order valence-electron chi connectivity index (χ4n) is 0.919. The van der Waals surface area contributed by atoms with Gasteiger partial charge in [0.25, 0.3) is 0 Å². The zero-order valence-corrected chi connectivity index (χ0v) is 8.22. The third-order valence-corrected chi connectivity index (χ3v) is 2.71. The summed E-state index contributed by atoms with van der Waals surface area (Å²) >= 11 is 1.04. The van der Waals surface area contributed by atoms with Crippen LogP contribution in [0.25, 0.3) is 0 Å². The van der Waals surface area contributed by atoms with Crippen LogP contribution in [0.5, 0.6) is 0 Å². The van der Waals surface area contributed by atoms with E-state index in [0.717, 1.165) is 16.9 Å². The van der Waals surface area contributed by atoms with E-state index in [9.17, 15) is 9.59 Å². The third kappa shape index (κ3) is 2.46. The normalized spacial score (nSPS) is 9.79. The fourth-order valence-corrected chi connectivity index (χ4v) is 1.83. The predicted molar refractivity (Wildman–Crippen MR) is 52.1 cm³/mol. The summed E-state index contributed by atoms with van der Waals surface area (Å²) in [6.45, 7) is 1.52. The Morgan fingerprint density at radius 1 is 1.50 bits per heavy atom. The van der Waals surface area contributed by atoms with Crippen LogP contribution in [0.1, 0.15) is 15.2 Å². The number of carbonyl (C=O) groups is 2. The molecule has 0 aliphatic rings. The molecule has 0 fully saturated rings. The molecule has 0 aliphatic heterocycles. The van der Waals surface area contributed by atoms with Crippen LogP contribution < -0.4 is 5.32 Å². The summed E-state index contributed by atoms with van der Waals surface area (Å²) in [5.41, 5.74) is 0.744. The summed E-state index contributed by atoms with van der Waals surface area (Å²) < 4.78 is 0. The molecule has 0 bridgehead atoms. The zero-order valence-electron chi connectivity index (χ0n) is 7.40. The summed E-state index contributed by atoms with van der Waals surface area (Å²) in [7, 11) is 0. The molecule has 1 aromatic heterocycles. The topological polar surface area (TPSA) is 86.6 Å². The Morgan fingerprint density at radius 2 is 2.14 bits per heavy atom.